The molecule has 2 aliphatic rings. The van der Waals surface area contributed by atoms with Crippen molar-refractivity contribution in [3.63, 3.8) is 0 Å². The summed E-state index contributed by atoms with van der Waals surface area (Å²) in [4.78, 5) is 2.70. The number of likely N-dealkylation sites (tertiary alicyclic amines) is 1. The second-order valence-electron chi connectivity index (χ2n) is 5.71. The van der Waals surface area contributed by atoms with E-state index in [1.54, 1.807) is 0 Å². The Kier molecular flexibility index (Phi) is 4.04. The summed E-state index contributed by atoms with van der Waals surface area (Å²) in [5, 5.41) is 3.49. The normalized spacial score (nSPS) is 35.6. The molecular formula is C13H26N2. The van der Waals surface area contributed by atoms with E-state index in [1.807, 2.05) is 0 Å². The molecule has 15 heavy (non-hydrogen) atoms. The van der Waals surface area contributed by atoms with Crippen LogP contribution >= 0.6 is 0 Å². The molecule has 0 aromatic carbocycles. The van der Waals surface area contributed by atoms with Gasteiger partial charge in [-0.25, -0.2) is 0 Å². The number of nitrogens with zero attached hydrogens (tertiary/aromatic N) is 1. The highest BCUT2D eigenvalue weighted by atomic mass is 15.1. The Morgan fingerprint density at radius 1 is 1.13 bits per heavy atom. The minimum atomic E-state index is 0.873. The lowest BCUT2D eigenvalue weighted by Crippen LogP contribution is -2.43. The topological polar surface area (TPSA) is 15.3 Å². The molecule has 0 spiro atoms. The molecule has 2 heterocycles. The standard InChI is InChI=1S/C13H26N2/c1-11-4-7-15(8-5-11)10-13-3-6-14-9-12(13)2/h11-14H,3-10H2,1-2H3. The van der Waals surface area contributed by atoms with Gasteiger partial charge in [-0.15, -0.1) is 0 Å². The first-order valence-electron chi connectivity index (χ1n) is 6.69. The quantitative estimate of drug-likeness (QED) is 0.749. The van der Waals surface area contributed by atoms with E-state index in [9.17, 15) is 0 Å². The molecule has 0 amide bonds. The van der Waals surface area contributed by atoms with Gasteiger partial charge in [-0.2, -0.15) is 0 Å². The minimum Gasteiger partial charge on any atom is -0.316 e. The molecule has 2 nitrogen and oxygen atoms in total. The lowest BCUT2D eigenvalue weighted by molar-refractivity contribution is 0.131. The Morgan fingerprint density at radius 2 is 1.87 bits per heavy atom. The summed E-state index contributed by atoms with van der Waals surface area (Å²) in [7, 11) is 0. The highest BCUT2D eigenvalue weighted by Crippen LogP contribution is 2.23. The van der Waals surface area contributed by atoms with Gasteiger partial charge in [-0.05, 0) is 63.2 Å². The number of hydrogen-bond acceptors (Lipinski definition) is 2. The summed E-state index contributed by atoms with van der Waals surface area (Å²) >= 11 is 0. The zero-order chi connectivity index (χ0) is 10.7. The molecule has 1 N–H and O–H groups in total. The van der Waals surface area contributed by atoms with E-state index in [2.05, 4.69) is 24.1 Å². The molecule has 0 aromatic heterocycles. The first-order chi connectivity index (χ1) is 7.25. The predicted molar refractivity (Wildman–Crippen MR) is 65.0 cm³/mol. The monoisotopic (exact) mass is 210 g/mol. The zero-order valence-corrected chi connectivity index (χ0v) is 10.3. The molecule has 0 saturated carbocycles. The third-order valence-corrected chi connectivity index (χ3v) is 4.33. The van der Waals surface area contributed by atoms with Crippen LogP contribution in [0.3, 0.4) is 0 Å². The molecule has 2 fully saturated rings. The Morgan fingerprint density at radius 3 is 2.53 bits per heavy atom. The van der Waals surface area contributed by atoms with Gasteiger partial charge in [0.1, 0.15) is 0 Å². The minimum absolute atomic E-state index is 0.873. The van der Waals surface area contributed by atoms with Crippen LogP contribution in [0, 0.1) is 17.8 Å². The molecular weight excluding hydrogens is 184 g/mol. The van der Waals surface area contributed by atoms with E-state index in [0.717, 1.165) is 17.8 Å². The van der Waals surface area contributed by atoms with Crippen molar-refractivity contribution in [2.24, 2.45) is 17.8 Å². The molecule has 2 heteroatoms. The van der Waals surface area contributed by atoms with Crippen LogP contribution in [0.2, 0.25) is 0 Å². The van der Waals surface area contributed by atoms with Crippen molar-refractivity contribution in [3.8, 4) is 0 Å². The molecule has 0 bridgehead atoms. The van der Waals surface area contributed by atoms with Gasteiger partial charge in [0.05, 0.1) is 0 Å². The summed E-state index contributed by atoms with van der Waals surface area (Å²) in [5.74, 6) is 2.78. The van der Waals surface area contributed by atoms with Gasteiger partial charge in [0, 0.05) is 6.54 Å². The number of piperidine rings is 2. The maximum absolute atomic E-state index is 3.49. The lowest BCUT2D eigenvalue weighted by atomic mass is 9.86. The van der Waals surface area contributed by atoms with Crippen LogP contribution in [-0.4, -0.2) is 37.6 Å². The Labute approximate surface area is 94.4 Å². The first-order valence-corrected chi connectivity index (χ1v) is 6.69. The SMILES string of the molecule is CC1CCN(CC2CCNCC2C)CC1. The van der Waals surface area contributed by atoms with Crippen molar-refractivity contribution in [1.82, 2.24) is 10.2 Å². The fraction of sp³-hybridized carbons (Fsp3) is 1.00. The van der Waals surface area contributed by atoms with E-state index in [1.165, 1.54) is 52.0 Å². The molecule has 2 rings (SSSR count). The summed E-state index contributed by atoms with van der Waals surface area (Å²) in [6, 6.07) is 0. The smallest absolute Gasteiger partial charge is 0.00132 e. The predicted octanol–water partition coefficient (Wildman–Crippen LogP) is 1.96. The average molecular weight is 210 g/mol. The van der Waals surface area contributed by atoms with E-state index < -0.39 is 0 Å². The van der Waals surface area contributed by atoms with E-state index in [4.69, 9.17) is 0 Å². The maximum Gasteiger partial charge on any atom is 0.00132 e. The van der Waals surface area contributed by atoms with Gasteiger partial charge >= 0.3 is 0 Å². The van der Waals surface area contributed by atoms with Crippen molar-refractivity contribution in [1.29, 1.82) is 0 Å². The van der Waals surface area contributed by atoms with Crippen LogP contribution in [0.4, 0.5) is 0 Å². The fourth-order valence-electron chi connectivity index (χ4n) is 2.92. The van der Waals surface area contributed by atoms with Crippen LogP contribution in [0.25, 0.3) is 0 Å². The van der Waals surface area contributed by atoms with E-state index >= 15 is 0 Å². The van der Waals surface area contributed by atoms with Gasteiger partial charge < -0.3 is 10.2 Å². The Bertz CT molecular complexity index is 185. The van der Waals surface area contributed by atoms with Crippen LogP contribution in [-0.2, 0) is 0 Å². The molecule has 2 saturated heterocycles. The zero-order valence-electron chi connectivity index (χ0n) is 10.3. The third-order valence-electron chi connectivity index (χ3n) is 4.33. The summed E-state index contributed by atoms with van der Waals surface area (Å²) in [5.41, 5.74) is 0. The van der Waals surface area contributed by atoms with Crippen molar-refractivity contribution in [3.05, 3.63) is 0 Å². The largest absolute Gasteiger partial charge is 0.316 e. The maximum atomic E-state index is 3.49. The molecule has 0 aromatic rings. The van der Waals surface area contributed by atoms with Crippen molar-refractivity contribution in [2.75, 3.05) is 32.7 Å². The van der Waals surface area contributed by atoms with Crippen LogP contribution in [0.1, 0.15) is 33.1 Å². The van der Waals surface area contributed by atoms with E-state index in [-0.39, 0.29) is 0 Å². The van der Waals surface area contributed by atoms with Crippen molar-refractivity contribution < 1.29 is 0 Å². The molecule has 2 aliphatic heterocycles. The van der Waals surface area contributed by atoms with Gasteiger partial charge in [-0.1, -0.05) is 13.8 Å². The van der Waals surface area contributed by atoms with Gasteiger partial charge in [0.2, 0.25) is 0 Å². The van der Waals surface area contributed by atoms with Gasteiger partial charge in [0.15, 0.2) is 0 Å². The third kappa shape index (κ3) is 3.18. The molecule has 0 radical (unpaired) electrons. The summed E-state index contributed by atoms with van der Waals surface area (Å²) in [6.45, 7) is 11.3. The second-order valence-corrected chi connectivity index (χ2v) is 5.71. The van der Waals surface area contributed by atoms with Crippen LogP contribution in [0.5, 0.6) is 0 Å². The molecule has 88 valence electrons. The van der Waals surface area contributed by atoms with Crippen LogP contribution < -0.4 is 5.32 Å². The Hall–Kier alpha value is -0.0800. The van der Waals surface area contributed by atoms with Gasteiger partial charge in [0.25, 0.3) is 0 Å². The fourth-order valence-corrected chi connectivity index (χ4v) is 2.92. The molecule has 0 aliphatic carbocycles. The number of rotatable bonds is 2. The summed E-state index contributed by atoms with van der Waals surface area (Å²) < 4.78 is 0. The highest BCUT2D eigenvalue weighted by molar-refractivity contribution is 4.79. The summed E-state index contributed by atoms with van der Waals surface area (Å²) in [6.07, 6.45) is 4.21. The van der Waals surface area contributed by atoms with Gasteiger partial charge in [-0.3, -0.25) is 0 Å². The van der Waals surface area contributed by atoms with Crippen molar-refractivity contribution in [2.45, 2.75) is 33.1 Å². The van der Waals surface area contributed by atoms with Crippen molar-refractivity contribution >= 4 is 0 Å². The number of nitrogens with one attached hydrogen (secondary N) is 1. The second kappa shape index (κ2) is 5.31. The highest BCUT2D eigenvalue weighted by Gasteiger charge is 2.24. The van der Waals surface area contributed by atoms with E-state index in [0.29, 0.717) is 0 Å². The first kappa shape index (κ1) is 11.4. The average Bonchev–Trinajstić information content (AvgIpc) is 2.25. The number of hydrogen-bond donors (Lipinski definition) is 1. The molecule has 2 unspecified atom stereocenters. The van der Waals surface area contributed by atoms with Crippen LogP contribution in [0.15, 0.2) is 0 Å². The Balaban J connectivity index is 1.75. The lowest BCUT2D eigenvalue weighted by Gasteiger charge is -2.37. The molecule has 2 atom stereocenters.